The Kier molecular flexibility index (Phi) is 4.79. The molecule has 0 bridgehead atoms. The average Bonchev–Trinajstić information content (AvgIpc) is 3.11. The lowest BCUT2D eigenvalue weighted by molar-refractivity contribution is 0.0733. The summed E-state index contributed by atoms with van der Waals surface area (Å²) in [6.07, 6.45) is 3.55. The van der Waals surface area contributed by atoms with Gasteiger partial charge in [-0.1, -0.05) is 11.2 Å². The van der Waals surface area contributed by atoms with Gasteiger partial charge in [0, 0.05) is 25.4 Å². The van der Waals surface area contributed by atoms with Crippen LogP contribution in [0.25, 0.3) is 0 Å². The largest absolute Gasteiger partial charge is 0.360 e. The Morgan fingerprint density at radius 3 is 2.76 bits per heavy atom. The highest BCUT2D eigenvalue weighted by molar-refractivity contribution is 7.92. The molecule has 1 aromatic carbocycles. The third kappa shape index (κ3) is 3.83. The summed E-state index contributed by atoms with van der Waals surface area (Å²) in [5.74, 6) is 0.456. The van der Waals surface area contributed by atoms with Crippen molar-refractivity contribution in [3.63, 3.8) is 0 Å². The molecule has 2 aromatic heterocycles. The van der Waals surface area contributed by atoms with Crippen LogP contribution in [-0.2, 0) is 23.0 Å². The van der Waals surface area contributed by atoms with Crippen molar-refractivity contribution in [1.82, 2.24) is 20.0 Å². The smallest absolute Gasteiger partial charge is 0.263 e. The van der Waals surface area contributed by atoms with E-state index in [0.29, 0.717) is 36.5 Å². The van der Waals surface area contributed by atoms with Gasteiger partial charge < -0.3 is 9.42 Å². The van der Waals surface area contributed by atoms with Crippen LogP contribution in [0.2, 0.25) is 0 Å². The number of nitrogens with one attached hydrogen (secondary N) is 1. The van der Waals surface area contributed by atoms with Crippen LogP contribution in [0.4, 0.5) is 5.82 Å². The van der Waals surface area contributed by atoms with E-state index in [2.05, 4.69) is 19.8 Å². The Balaban J connectivity index is 1.58. The number of fused-ring (bicyclic) bond motifs is 1. The van der Waals surface area contributed by atoms with E-state index in [1.807, 2.05) is 0 Å². The number of nitrogens with zero attached hydrogens (tertiary/aromatic N) is 4. The molecule has 150 valence electrons. The molecule has 3 heterocycles. The molecule has 0 atom stereocenters. The molecule has 0 unspecified atom stereocenters. The van der Waals surface area contributed by atoms with Crippen molar-refractivity contribution in [2.45, 2.75) is 31.7 Å². The third-order valence-corrected chi connectivity index (χ3v) is 6.15. The fraction of sp³-hybridized carbons (Fsp3) is 0.263. The number of hydrogen-bond donors (Lipinski definition) is 1. The second-order valence-electron chi connectivity index (χ2n) is 6.86. The standard InChI is InChI=1S/C19H19N5O4S/c1-12-7-18(22-28-12)23-29(26,27)16-4-3-14-5-6-24(10-15(14)8-16)19(25)17-9-20-11-21-13(17)2/h3-4,7-9,11H,5-6,10H2,1-2H3,(H,22,23). The number of anilines is 1. The molecule has 0 fully saturated rings. The van der Waals surface area contributed by atoms with Crippen molar-refractivity contribution in [3.8, 4) is 0 Å². The van der Waals surface area contributed by atoms with Gasteiger partial charge in [-0.3, -0.25) is 9.52 Å². The van der Waals surface area contributed by atoms with Gasteiger partial charge in [-0.15, -0.1) is 0 Å². The first kappa shape index (κ1) is 19.1. The fourth-order valence-corrected chi connectivity index (χ4v) is 4.29. The van der Waals surface area contributed by atoms with Gasteiger partial charge in [-0.25, -0.2) is 18.4 Å². The third-order valence-electron chi connectivity index (χ3n) is 4.80. The Bertz CT molecular complexity index is 1190. The van der Waals surface area contributed by atoms with E-state index in [9.17, 15) is 13.2 Å². The first-order valence-corrected chi connectivity index (χ1v) is 10.5. The van der Waals surface area contributed by atoms with Crippen molar-refractivity contribution < 1.29 is 17.7 Å². The zero-order valence-electron chi connectivity index (χ0n) is 15.9. The predicted octanol–water partition coefficient (Wildman–Crippen LogP) is 2.08. The van der Waals surface area contributed by atoms with Gasteiger partial charge in [-0.05, 0) is 43.5 Å². The zero-order valence-corrected chi connectivity index (χ0v) is 16.7. The lowest BCUT2D eigenvalue weighted by Gasteiger charge is -2.29. The van der Waals surface area contributed by atoms with Crippen LogP contribution in [0.1, 0.15) is 32.9 Å². The molecule has 1 N–H and O–H groups in total. The number of aryl methyl sites for hydroxylation is 2. The maximum atomic E-state index is 12.9. The zero-order chi connectivity index (χ0) is 20.6. The number of hydrogen-bond acceptors (Lipinski definition) is 7. The van der Waals surface area contributed by atoms with Crippen LogP contribution >= 0.6 is 0 Å². The summed E-state index contributed by atoms with van der Waals surface area (Å²) in [6, 6.07) is 6.44. The Morgan fingerprint density at radius 1 is 1.21 bits per heavy atom. The quantitative estimate of drug-likeness (QED) is 0.695. The molecule has 0 saturated heterocycles. The van der Waals surface area contributed by atoms with E-state index in [4.69, 9.17) is 4.52 Å². The predicted molar refractivity (Wildman–Crippen MR) is 104 cm³/mol. The average molecular weight is 413 g/mol. The van der Waals surface area contributed by atoms with E-state index in [1.54, 1.807) is 36.9 Å². The van der Waals surface area contributed by atoms with Gasteiger partial charge in [0.1, 0.15) is 12.1 Å². The molecule has 0 aliphatic carbocycles. The molecule has 3 aromatic rings. The van der Waals surface area contributed by atoms with Gasteiger partial charge in [0.05, 0.1) is 16.2 Å². The summed E-state index contributed by atoms with van der Waals surface area (Å²) in [4.78, 5) is 22.6. The highest BCUT2D eigenvalue weighted by Crippen LogP contribution is 2.25. The number of amides is 1. The van der Waals surface area contributed by atoms with Crippen LogP contribution < -0.4 is 4.72 Å². The normalized spacial score (nSPS) is 13.8. The number of carbonyl (C=O) groups is 1. The van der Waals surface area contributed by atoms with E-state index in [-0.39, 0.29) is 16.6 Å². The van der Waals surface area contributed by atoms with Crippen molar-refractivity contribution in [2.75, 3.05) is 11.3 Å². The molecule has 1 aliphatic rings. The summed E-state index contributed by atoms with van der Waals surface area (Å²) >= 11 is 0. The summed E-state index contributed by atoms with van der Waals surface area (Å²) in [6.45, 7) is 4.29. The number of benzene rings is 1. The highest BCUT2D eigenvalue weighted by atomic mass is 32.2. The minimum Gasteiger partial charge on any atom is -0.360 e. The van der Waals surface area contributed by atoms with Gasteiger partial charge in [-0.2, -0.15) is 0 Å². The number of rotatable bonds is 4. The monoisotopic (exact) mass is 413 g/mol. The molecular weight excluding hydrogens is 394 g/mol. The van der Waals surface area contributed by atoms with Gasteiger partial charge in [0.2, 0.25) is 0 Å². The van der Waals surface area contributed by atoms with Crippen LogP contribution in [0.3, 0.4) is 0 Å². The topological polar surface area (TPSA) is 118 Å². The maximum absolute atomic E-state index is 12.9. The number of sulfonamides is 1. The molecule has 9 nitrogen and oxygen atoms in total. The van der Waals surface area contributed by atoms with Crippen LogP contribution in [0.15, 0.2) is 46.2 Å². The summed E-state index contributed by atoms with van der Waals surface area (Å²) < 4.78 is 32.7. The van der Waals surface area contributed by atoms with E-state index in [0.717, 1.165) is 11.1 Å². The second kappa shape index (κ2) is 7.28. The first-order chi connectivity index (χ1) is 13.8. The number of carbonyl (C=O) groups excluding carboxylic acids is 1. The van der Waals surface area contributed by atoms with Crippen LogP contribution in [-0.4, -0.2) is 40.9 Å². The fourth-order valence-electron chi connectivity index (χ4n) is 3.26. The van der Waals surface area contributed by atoms with Crippen molar-refractivity contribution in [1.29, 1.82) is 0 Å². The van der Waals surface area contributed by atoms with E-state index < -0.39 is 10.0 Å². The van der Waals surface area contributed by atoms with Crippen LogP contribution in [0.5, 0.6) is 0 Å². The van der Waals surface area contributed by atoms with Gasteiger partial charge in [0.25, 0.3) is 15.9 Å². The minimum atomic E-state index is -3.83. The molecular formula is C19H19N5O4S. The molecule has 1 aliphatic heterocycles. The molecule has 4 rings (SSSR count). The van der Waals surface area contributed by atoms with Gasteiger partial charge in [0.15, 0.2) is 5.82 Å². The molecule has 10 heteroatoms. The van der Waals surface area contributed by atoms with Crippen LogP contribution in [0, 0.1) is 13.8 Å². The first-order valence-electron chi connectivity index (χ1n) is 8.97. The van der Waals surface area contributed by atoms with E-state index >= 15 is 0 Å². The highest BCUT2D eigenvalue weighted by Gasteiger charge is 2.25. The Morgan fingerprint density at radius 2 is 2.03 bits per heavy atom. The van der Waals surface area contributed by atoms with Crippen molar-refractivity contribution in [3.05, 3.63) is 64.9 Å². The van der Waals surface area contributed by atoms with Gasteiger partial charge >= 0.3 is 0 Å². The summed E-state index contributed by atoms with van der Waals surface area (Å²) in [5, 5.41) is 3.66. The molecule has 29 heavy (non-hydrogen) atoms. The Hall–Kier alpha value is -3.27. The van der Waals surface area contributed by atoms with E-state index in [1.165, 1.54) is 18.6 Å². The molecule has 0 radical (unpaired) electrons. The van der Waals surface area contributed by atoms with Crippen molar-refractivity contribution in [2.24, 2.45) is 0 Å². The SMILES string of the molecule is Cc1cc(NS(=O)(=O)c2ccc3c(c2)CN(C(=O)c2cncnc2C)CC3)no1. The van der Waals surface area contributed by atoms with Crippen molar-refractivity contribution >= 4 is 21.7 Å². The summed E-state index contributed by atoms with van der Waals surface area (Å²) in [5.41, 5.74) is 2.87. The Labute approximate surface area is 167 Å². The lowest BCUT2D eigenvalue weighted by Crippen LogP contribution is -2.36. The molecule has 0 spiro atoms. The maximum Gasteiger partial charge on any atom is 0.263 e. The summed E-state index contributed by atoms with van der Waals surface area (Å²) in [7, 11) is -3.83. The number of aromatic nitrogens is 3. The lowest BCUT2D eigenvalue weighted by atomic mass is 9.99. The second-order valence-corrected chi connectivity index (χ2v) is 8.54. The minimum absolute atomic E-state index is 0.102. The molecule has 1 amide bonds. The molecule has 0 saturated carbocycles.